The van der Waals surface area contributed by atoms with E-state index in [0.717, 1.165) is 56.6 Å². The highest BCUT2D eigenvalue weighted by molar-refractivity contribution is 5.89. The zero-order valence-electron chi connectivity index (χ0n) is 17.9. The molecule has 0 aromatic heterocycles. The van der Waals surface area contributed by atoms with Crippen molar-refractivity contribution in [1.29, 1.82) is 0 Å². The number of urea groups is 1. The van der Waals surface area contributed by atoms with Crippen LogP contribution in [0.2, 0.25) is 0 Å². The number of unbranched alkanes of at least 4 members (excludes halogenated alkanes) is 1. The molecule has 0 saturated carbocycles. The second-order valence-corrected chi connectivity index (χ2v) is 8.05. The van der Waals surface area contributed by atoms with E-state index < -0.39 is 11.7 Å². The highest BCUT2D eigenvalue weighted by atomic mass is 19.4. The molecule has 2 aromatic rings. The monoisotopic (exact) mass is 433 g/mol. The van der Waals surface area contributed by atoms with Crippen LogP contribution < -0.4 is 5.32 Å². The third-order valence-corrected chi connectivity index (χ3v) is 5.75. The van der Waals surface area contributed by atoms with Gasteiger partial charge < -0.3 is 15.1 Å². The number of carbonyl (C=O) groups excluding carboxylic acids is 1. The molecule has 0 atom stereocenters. The number of amides is 2. The summed E-state index contributed by atoms with van der Waals surface area (Å²) in [5.41, 5.74) is 0.654. The van der Waals surface area contributed by atoms with Crippen molar-refractivity contribution in [2.24, 2.45) is 0 Å². The summed E-state index contributed by atoms with van der Waals surface area (Å²) in [6.45, 7) is 5.62. The van der Waals surface area contributed by atoms with Gasteiger partial charge in [0.2, 0.25) is 0 Å². The van der Waals surface area contributed by atoms with Crippen LogP contribution in [0.4, 0.5) is 23.7 Å². The predicted molar refractivity (Wildman–Crippen MR) is 117 cm³/mol. The van der Waals surface area contributed by atoms with Gasteiger partial charge in [-0.15, -0.1) is 0 Å². The SMILES string of the molecule is CCCCN1CCC(N(Cc2ccccc2)C(=O)Nc2ccc(C(F)(F)F)cc2)CC1. The lowest BCUT2D eigenvalue weighted by atomic mass is 10.0. The molecule has 4 nitrogen and oxygen atoms in total. The summed E-state index contributed by atoms with van der Waals surface area (Å²) in [4.78, 5) is 17.4. The van der Waals surface area contributed by atoms with Gasteiger partial charge in [-0.3, -0.25) is 0 Å². The Morgan fingerprint density at radius 1 is 1.06 bits per heavy atom. The van der Waals surface area contributed by atoms with E-state index in [1.807, 2.05) is 35.2 Å². The number of anilines is 1. The summed E-state index contributed by atoms with van der Waals surface area (Å²) < 4.78 is 38.4. The standard InChI is InChI=1S/C24H30F3N3O/c1-2-3-15-29-16-13-22(14-17-29)30(18-19-7-5-4-6-8-19)23(31)28-21-11-9-20(10-12-21)24(25,26)27/h4-12,22H,2-3,13-18H2,1H3,(H,28,31). The molecule has 31 heavy (non-hydrogen) atoms. The minimum Gasteiger partial charge on any atom is -0.317 e. The van der Waals surface area contributed by atoms with Gasteiger partial charge in [-0.1, -0.05) is 43.7 Å². The Hall–Kier alpha value is -2.54. The van der Waals surface area contributed by atoms with Gasteiger partial charge >= 0.3 is 12.2 Å². The molecule has 2 amide bonds. The van der Waals surface area contributed by atoms with E-state index in [-0.39, 0.29) is 12.1 Å². The van der Waals surface area contributed by atoms with E-state index in [0.29, 0.717) is 12.2 Å². The fourth-order valence-electron chi connectivity index (χ4n) is 3.92. The molecule has 3 rings (SSSR count). The molecule has 7 heteroatoms. The van der Waals surface area contributed by atoms with Gasteiger partial charge in [-0.25, -0.2) is 4.79 Å². The van der Waals surface area contributed by atoms with Crippen molar-refractivity contribution in [2.45, 2.75) is 51.4 Å². The van der Waals surface area contributed by atoms with Crippen LogP contribution in [0.3, 0.4) is 0 Å². The van der Waals surface area contributed by atoms with E-state index in [9.17, 15) is 18.0 Å². The summed E-state index contributed by atoms with van der Waals surface area (Å²) >= 11 is 0. The molecule has 0 spiro atoms. The molecule has 0 bridgehead atoms. The first kappa shape index (κ1) is 23.1. The molecule has 1 N–H and O–H groups in total. The third-order valence-electron chi connectivity index (χ3n) is 5.75. The van der Waals surface area contributed by atoms with Crippen LogP contribution in [-0.2, 0) is 12.7 Å². The van der Waals surface area contributed by atoms with Crippen molar-refractivity contribution in [2.75, 3.05) is 25.0 Å². The number of hydrogen-bond acceptors (Lipinski definition) is 2. The summed E-state index contributed by atoms with van der Waals surface area (Å²) in [6.07, 6.45) is -0.288. The first-order valence-electron chi connectivity index (χ1n) is 10.9. The van der Waals surface area contributed by atoms with Crippen LogP contribution >= 0.6 is 0 Å². The van der Waals surface area contributed by atoms with Crippen LogP contribution in [0.1, 0.15) is 43.7 Å². The maximum absolute atomic E-state index is 13.1. The number of benzene rings is 2. The highest BCUT2D eigenvalue weighted by Crippen LogP contribution is 2.30. The maximum atomic E-state index is 13.1. The van der Waals surface area contributed by atoms with E-state index in [1.165, 1.54) is 18.6 Å². The van der Waals surface area contributed by atoms with Gasteiger partial charge in [0.1, 0.15) is 0 Å². The van der Waals surface area contributed by atoms with Gasteiger partial charge in [-0.2, -0.15) is 13.2 Å². The largest absolute Gasteiger partial charge is 0.416 e. The number of carbonyl (C=O) groups is 1. The molecule has 168 valence electrons. The molecule has 1 saturated heterocycles. The number of rotatable bonds is 7. The first-order valence-corrected chi connectivity index (χ1v) is 10.9. The molecule has 0 unspecified atom stereocenters. The lowest BCUT2D eigenvalue weighted by Crippen LogP contribution is -2.48. The van der Waals surface area contributed by atoms with Crippen LogP contribution in [0, 0.1) is 0 Å². The Bertz CT molecular complexity index is 816. The number of piperidine rings is 1. The fourth-order valence-corrected chi connectivity index (χ4v) is 3.92. The van der Waals surface area contributed by atoms with Crippen molar-refractivity contribution in [3.63, 3.8) is 0 Å². The predicted octanol–water partition coefficient (Wildman–Crippen LogP) is 6.00. The lowest BCUT2D eigenvalue weighted by Gasteiger charge is -2.38. The van der Waals surface area contributed by atoms with Gasteiger partial charge in [0.25, 0.3) is 0 Å². The number of halogens is 3. The Morgan fingerprint density at radius 2 is 1.71 bits per heavy atom. The smallest absolute Gasteiger partial charge is 0.317 e. The first-order chi connectivity index (χ1) is 14.9. The number of nitrogens with one attached hydrogen (secondary N) is 1. The van der Waals surface area contributed by atoms with Crippen molar-refractivity contribution >= 4 is 11.7 Å². The molecule has 1 fully saturated rings. The summed E-state index contributed by atoms with van der Waals surface area (Å²) in [5, 5.41) is 2.79. The third kappa shape index (κ3) is 6.72. The van der Waals surface area contributed by atoms with Crippen molar-refractivity contribution in [1.82, 2.24) is 9.80 Å². The second-order valence-electron chi connectivity index (χ2n) is 8.05. The summed E-state index contributed by atoms with van der Waals surface area (Å²) in [6, 6.07) is 14.2. The van der Waals surface area contributed by atoms with Crippen molar-refractivity contribution in [3.8, 4) is 0 Å². The Labute approximate surface area is 182 Å². The topological polar surface area (TPSA) is 35.6 Å². The summed E-state index contributed by atoms with van der Waals surface area (Å²) in [5.74, 6) is 0. The fraction of sp³-hybridized carbons (Fsp3) is 0.458. The summed E-state index contributed by atoms with van der Waals surface area (Å²) in [7, 11) is 0. The number of alkyl halides is 3. The second kappa shape index (κ2) is 10.7. The molecule has 1 aliphatic heterocycles. The minimum atomic E-state index is -4.40. The van der Waals surface area contributed by atoms with Crippen LogP contribution in [0.25, 0.3) is 0 Å². The lowest BCUT2D eigenvalue weighted by molar-refractivity contribution is -0.137. The number of nitrogens with zero attached hydrogens (tertiary/aromatic N) is 2. The Kier molecular flexibility index (Phi) is 7.96. The quantitative estimate of drug-likeness (QED) is 0.581. The maximum Gasteiger partial charge on any atom is 0.416 e. The molecule has 0 aliphatic carbocycles. The van der Waals surface area contributed by atoms with Gasteiger partial charge in [0.15, 0.2) is 0 Å². The van der Waals surface area contributed by atoms with E-state index in [4.69, 9.17) is 0 Å². The van der Waals surface area contributed by atoms with Crippen LogP contribution in [0.15, 0.2) is 54.6 Å². The van der Waals surface area contributed by atoms with Gasteiger partial charge in [0.05, 0.1) is 5.56 Å². The van der Waals surface area contributed by atoms with Crippen molar-refractivity contribution in [3.05, 3.63) is 65.7 Å². The number of likely N-dealkylation sites (tertiary alicyclic amines) is 1. The van der Waals surface area contributed by atoms with Crippen molar-refractivity contribution < 1.29 is 18.0 Å². The molecule has 1 aliphatic rings. The average molecular weight is 434 g/mol. The zero-order valence-corrected chi connectivity index (χ0v) is 17.9. The highest BCUT2D eigenvalue weighted by Gasteiger charge is 2.31. The Morgan fingerprint density at radius 3 is 2.29 bits per heavy atom. The zero-order chi connectivity index (χ0) is 22.3. The normalized spacial score (nSPS) is 15.6. The molecular formula is C24H30F3N3O. The van der Waals surface area contributed by atoms with E-state index in [2.05, 4.69) is 17.1 Å². The van der Waals surface area contributed by atoms with Crippen LogP contribution in [-0.4, -0.2) is 41.5 Å². The molecule has 0 radical (unpaired) electrons. The average Bonchev–Trinajstić information content (AvgIpc) is 2.77. The van der Waals surface area contributed by atoms with E-state index in [1.54, 1.807) is 0 Å². The number of hydrogen-bond donors (Lipinski definition) is 1. The Balaban J connectivity index is 1.69. The minimum absolute atomic E-state index is 0.0903. The van der Waals surface area contributed by atoms with Gasteiger partial charge in [-0.05, 0) is 55.6 Å². The molecule has 1 heterocycles. The molecule has 2 aromatic carbocycles. The van der Waals surface area contributed by atoms with Gasteiger partial charge in [0, 0.05) is 31.4 Å². The van der Waals surface area contributed by atoms with Crippen LogP contribution in [0.5, 0.6) is 0 Å². The molecular weight excluding hydrogens is 403 g/mol. The van der Waals surface area contributed by atoms with E-state index >= 15 is 0 Å².